The minimum absolute atomic E-state index is 0.207. The van der Waals surface area contributed by atoms with E-state index in [1.54, 1.807) is 18.2 Å². The fraction of sp³-hybridized carbons (Fsp3) is 0. The van der Waals surface area contributed by atoms with Gasteiger partial charge in [0.25, 0.3) is 10.0 Å². The molecule has 0 saturated heterocycles. The quantitative estimate of drug-likeness (QED) is 0.836. The van der Waals surface area contributed by atoms with Crippen LogP contribution in [0, 0.1) is 9.39 Å². The summed E-state index contributed by atoms with van der Waals surface area (Å²) in [6.45, 7) is 0. The van der Waals surface area contributed by atoms with E-state index in [4.69, 9.17) is 0 Å². The molecule has 0 bridgehead atoms. The first-order chi connectivity index (χ1) is 8.47. The van der Waals surface area contributed by atoms with Gasteiger partial charge in [-0.2, -0.15) is 0 Å². The van der Waals surface area contributed by atoms with Crippen molar-refractivity contribution in [3.63, 3.8) is 0 Å². The third-order valence-electron chi connectivity index (χ3n) is 2.07. The van der Waals surface area contributed by atoms with E-state index in [1.807, 2.05) is 6.07 Å². The third-order valence-corrected chi connectivity index (χ3v) is 4.09. The van der Waals surface area contributed by atoms with Gasteiger partial charge in [-0.15, -0.1) is 0 Å². The number of anilines is 1. The Morgan fingerprint density at radius 3 is 2.67 bits per heavy atom. The highest BCUT2D eigenvalue weighted by atomic mass is 127. The maximum Gasteiger partial charge on any atom is 0.263 e. The topological polar surface area (TPSA) is 59.1 Å². The first-order valence-corrected chi connectivity index (χ1v) is 7.42. The molecular weight excluding hydrogens is 370 g/mol. The summed E-state index contributed by atoms with van der Waals surface area (Å²) in [7, 11) is -3.81. The molecule has 2 rings (SSSR count). The summed E-state index contributed by atoms with van der Waals surface area (Å²) in [4.78, 5) is 3.31. The van der Waals surface area contributed by atoms with Crippen molar-refractivity contribution in [1.29, 1.82) is 0 Å². The van der Waals surface area contributed by atoms with Gasteiger partial charge in [0.2, 0.25) is 0 Å². The lowest BCUT2D eigenvalue weighted by Crippen LogP contribution is -2.13. The van der Waals surface area contributed by atoms with E-state index in [1.165, 1.54) is 0 Å². The first kappa shape index (κ1) is 13.2. The Morgan fingerprint density at radius 2 is 2.00 bits per heavy atom. The molecule has 0 aliphatic heterocycles. The Balaban J connectivity index is 2.33. The van der Waals surface area contributed by atoms with Crippen LogP contribution in [0.2, 0.25) is 0 Å². The van der Waals surface area contributed by atoms with Gasteiger partial charge in [-0.25, -0.2) is 12.8 Å². The second-order valence-corrected chi connectivity index (χ2v) is 6.38. The molecule has 0 radical (unpaired) electrons. The van der Waals surface area contributed by atoms with Crippen LogP contribution in [0.3, 0.4) is 0 Å². The zero-order valence-electron chi connectivity index (χ0n) is 8.97. The highest BCUT2D eigenvalue weighted by Gasteiger charge is 2.15. The number of benzene rings is 1. The zero-order chi connectivity index (χ0) is 13.2. The van der Waals surface area contributed by atoms with Gasteiger partial charge in [-0.1, -0.05) is 6.07 Å². The molecule has 0 fully saturated rings. The van der Waals surface area contributed by atoms with Crippen molar-refractivity contribution in [2.45, 2.75) is 4.90 Å². The molecule has 2 aromatic rings. The molecule has 1 heterocycles. The zero-order valence-corrected chi connectivity index (χ0v) is 11.9. The molecular formula is C11H8FIN2O2S. The summed E-state index contributed by atoms with van der Waals surface area (Å²) in [5.41, 5.74) is 0.422. The smallest absolute Gasteiger partial charge is 0.263 e. The molecule has 4 nitrogen and oxygen atoms in total. The molecule has 7 heteroatoms. The predicted octanol–water partition coefficient (Wildman–Crippen LogP) is 2.63. The van der Waals surface area contributed by atoms with Gasteiger partial charge in [-0.05, 0) is 46.9 Å². The minimum atomic E-state index is -3.81. The van der Waals surface area contributed by atoms with Crippen molar-refractivity contribution >= 4 is 38.3 Å². The molecule has 1 aromatic heterocycles. The largest absolute Gasteiger partial charge is 0.280 e. The van der Waals surface area contributed by atoms with Gasteiger partial charge in [-0.3, -0.25) is 9.71 Å². The van der Waals surface area contributed by atoms with E-state index in [0.29, 0.717) is 5.69 Å². The second kappa shape index (κ2) is 5.19. The number of pyridine rings is 1. The molecule has 0 aliphatic rings. The monoisotopic (exact) mass is 378 g/mol. The Morgan fingerprint density at radius 1 is 1.22 bits per heavy atom. The second-order valence-electron chi connectivity index (χ2n) is 3.45. The molecule has 94 valence electrons. The van der Waals surface area contributed by atoms with Crippen molar-refractivity contribution in [2.75, 3.05) is 4.72 Å². The highest BCUT2D eigenvalue weighted by Crippen LogP contribution is 2.17. The van der Waals surface area contributed by atoms with Crippen molar-refractivity contribution in [2.24, 2.45) is 0 Å². The summed E-state index contributed by atoms with van der Waals surface area (Å²) in [6, 6.07) is 7.77. The summed E-state index contributed by atoms with van der Waals surface area (Å²) >= 11 is 2.07. The standard InChI is InChI=1S/C11H8FIN2O2S/c12-8-4-11(7-14-6-8)18(16,17)15-10-3-1-2-9(13)5-10/h1-7,15H. The lowest BCUT2D eigenvalue weighted by Gasteiger charge is -2.07. The Kier molecular flexibility index (Phi) is 3.81. The van der Waals surface area contributed by atoms with Crippen LogP contribution in [-0.2, 0) is 10.0 Å². The van der Waals surface area contributed by atoms with Crippen LogP contribution >= 0.6 is 22.6 Å². The van der Waals surface area contributed by atoms with Crippen LogP contribution in [0.5, 0.6) is 0 Å². The highest BCUT2D eigenvalue weighted by molar-refractivity contribution is 14.1. The molecule has 1 N–H and O–H groups in total. The number of hydrogen-bond donors (Lipinski definition) is 1. The van der Waals surface area contributed by atoms with Gasteiger partial charge >= 0.3 is 0 Å². The Hall–Kier alpha value is -1.22. The fourth-order valence-corrected chi connectivity index (χ4v) is 2.87. The van der Waals surface area contributed by atoms with Crippen molar-refractivity contribution in [1.82, 2.24) is 4.98 Å². The number of halogens is 2. The number of rotatable bonds is 3. The minimum Gasteiger partial charge on any atom is -0.280 e. The molecule has 0 spiro atoms. The average molecular weight is 378 g/mol. The molecule has 0 atom stereocenters. The average Bonchev–Trinajstić information content (AvgIpc) is 2.28. The van der Waals surface area contributed by atoms with Crippen LogP contribution in [0.15, 0.2) is 47.6 Å². The fourth-order valence-electron chi connectivity index (χ4n) is 1.31. The van der Waals surface area contributed by atoms with Crippen LogP contribution in [0.25, 0.3) is 0 Å². The summed E-state index contributed by atoms with van der Waals surface area (Å²) in [6.07, 6.45) is 2.05. The van der Waals surface area contributed by atoms with E-state index in [9.17, 15) is 12.8 Å². The maximum absolute atomic E-state index is 12.9. The summed E-state index contributed by atoms with van der Waals surface area (Å²) < 4.78 is 40.1. The van der Waals surface area contributed by atoms with Crippen molar-refractivity contribution in [3.8, 4) is 0 Å². The predicted molar refractivity (Wildman–Crippen MR) is 74.2 cm³/mol. The van der Waals surface area contributed by atoms with Gasteiger partial charge < -0.3 is 0 Å². The van der Waals surface area contributed by atoms with Gasteiger partial charge in [0, 0.05) is 15.5 Å². The Labute approximate surface area is 117 Å². The van der Waals surface area contributed by atoms with Gasteiger partial charge in [0.05, 0.1) is 6.20 Å². The molecule has 18 heavy (non-hydrogen) atoms. The maximum atomic E-state index is 12.9. The summed E-state index contributed by atoms with van der Waals surface area (Å²) in [5.74, 6) is -0.694. The SMILES string of the molecule is O=S(=O)(Nc1cccc(I)c1)c1cncc(F)c1. The van der Waals surface area contributed by atoms with Gasteiger partial charge in [0.1, 0.15) is 10.7 Å². The number of hydrogen-bond acceptors (Lipinski definition) is 3. The number of aromatic nitrogens is 1. The van der Waals surface area contributed by atoms with Crippen LogP contribution in [0.4, 0.5) is 10.1 Å². The normalized spacial score (nSPS) is 11.2. The molecule has 0 saturated carbocycles. The lowest BCUT2D eigenvalue weighted by molar-refractivity contribution is 0.592. The van der Waals surface area contributed by atoms with Crippen LogP contribution < -0.4 is 4.72 Å². The van der Waals surface area contributed by atoms with E-state index in [-0.39, 0.29) is 4.90 Å². The van der Waals surface area contributed by atoms with Crippen molar-refractivity contribution < 1.29 is 12.8 Å². The molecule has 1 aromatic carbocycles. The number of sulfonamides is 1. The van der Waals surface area contributed by atoms with Crippen LogP contribution in [-0.4, -0.2) is 13.4 Å². The van der Waals surface area contributed by atoms with E-state index in [0.717, 1.165) is 22.0 Å². The number of nitrogens with one attached hydrogen (secondary N) is 1. The van der Waals surface area contributed by atoms with Gasteiger partial charge in [0.15, 0.2) is 0 Å². The van der Waals surface area contributed by atoms with E-state index >= 15 is 0 Å². The Bertz CT molecular complexity index is 676. The molecule has 0 amide bonds. The third kappa shape index (κ3) is 3.16. The van der Waals surface area contributed by atoms with Crippen molar-refractivity contribution in [3.05, 3.63) is 52.1 Å². The van der Waals surface area contributed by atoms with E-state index < -0.39 is 15.8 Å². The molecule has 0 aliphatic carbocycles. The summed E-state index contributed by atoms with van der Waals surface area (Å²) in [5, 5.41) is 0. The van der Waals surface area contributed by atoms with Crippen LogP contribution in [0.1, 0.15) is 0 Å². The lowest BCUT2D eigenvalue weighted by atomic mass is 10.3. The molecule has 0 unspecified atom stereocenters. The van der Waals surface area contributed by atoms with E-state index in [2.05, 4.69) is 32.3 Å². The first-order valence-electron chi connectivity index (χ1n) is 4.86. The number of nitrogens with zero attached hydrogens (tertiary/aromatic N) is 1.